The minimum absolute atomic E-state index is 0.188. The molecule has 110 valence electrons. The van der Waals surface area contributed by atoms with Crippen molar-refractivity contribution in [2.24, 2.45) is 0 Å². The topological polar surface area (TPSA) is 43.8 Å². The average molecular weight is 284 g/mol. The highest BCUT2D eigenvalue weighted by atomic mass is 19.1. The molecule has 0 spiro atoms. The molecule has 0 radical (unpaired) electrons. The molecule has 1 saturated heterocycles. The normalized spacial score (nSPS) is 18.9. The number of aliphatic carboxylic acids is 1. The Morgan fingerprint density at radius 1 is 1.30 bits per heavy atom. The molecule has 1 aliphatic rings. The Labute approximate surface area is 116 Å². The number of benzene rings is 1. The van der Waals surface area contributed by atoms with Crippen molar-refractivity contribution in [2.45, 2.75) is 12.5 Å². The highest BCUT2D eigenvalue weighted by molar-refractivity contribution is 5.68. The van der Waals surface area contributed by atoms with Crippen LogP contribution in [0.5, 0.6) is 0 Å². The summed E-state index contributed by atoms with van der Waals surface area (Å²) in [6.07, 6.45) is -0.188. The molecule has 0 aliphatic carbocycles. The van der Waals surface area contributed by atoms with Crippen LogP contribution in [0.4, 0.5) is 8.78 Å². The third-order valence-electron chi connectivity index (χ3n) is 3.67. The van der Waals surface area contributed by atoms with E-state index in [4.69, 9.17) is 5.11 Å². The summed E-state index contributed by atoms with van der Waals surface area (Å²) < 4.78 is 26.9. The van der Waals surface area contributed by atoms with E-state index in [9.17, 15) is 13.6 Å². The summed E-state index contributed by atoms with van der Waals surface area (Å²) in [5.41, 5.74) is 0.248. The average Bonchev–Trinajstić information content (AvgIpc) is 2.37. The van der Waals surface area contributed by atoms with Gasteiger partial charge in [0.1, 0.15) is 11.6 Å². The summed E-state index contributed by atoms with van der Waals surface area (Å²) in [6, 6.07) is 2.77. The Bertz CT molecular complexity index is 488. The fourth-order valence-electron chi connectivity index (χ4n) is 2.51. The van der Waals surface area contributed by atoms with Crippen LogP contribution in [0.15, 0.2) is 18.2 Å². The Balaban J connectivity index is 2.24. The minimum Gasteiger partial charge on any atom is -0.481 e. The van der Waals surface area contributed by atoms with Crippen LogP contribution in [0.1, 0.15) is 18.0 Å². The molecule has 20 heavy (non-hydrogen) atoms. The van der Waals surface area contributed by atoms with E-state index in [1.807, 2.05) is 11.9 Å². The second-order valence-electron chi connectivity index (χ2n) is 5.12. The van der Waals surface area contributed by atoms with Crippen LogP contribution in [-0.4, -0.2) is 54.1 Å². The lowest BCUT2D eigenvalue weighted by Crippen LogP contribution is -2.46. The number of nitrogens with zero attached hydrogens (tertiary/aromatic N) is 2. The summed E-state index contributed by atoms with van der Waals surface area (Å²) in [4.78, 5) is 15.1. The fourth-order valence-corrected chi connectivity index (χ4v) is 2.51. The monoisotopic (exact) mass is 284 g/mol. The van der Waals surface area contributed by atoms with E-state index < -0.39 is 23.6 Å². The van der Waals surface area contributed by atoms with Crippen molar-refractivity contribution in [3.05, 3.63) is 35.4 Å². The molecule has 1 heterocycles. The van der Waals surface area contributed by atoms with Crippen LogP contribution in [0, 0.1) is 11.6 Å². The second-order valence-corrected chi connectivity index (χ2v) is 5.12. The minimum atomic E-state index is -0.988. The van der Waals surface area contributed by atoms with E-state index in [1.165, 1.54) is 12.1 Å². The van der Waals surface area contributed by atoms with Gasteiger partial charge in [-0.3, -0.25) is 9.69 Å². The van der Waals surface area contributed by atoms with E-state index in [-0.39, 0.29) is 12.0 Å². The molecule has 0 amide bonds. The van der Waals surface area contributed by atoms with E-state index >= 15 is 0 Å². The van der Waals surface area contributed by atoms with Crippen molar-refractivity contribution in [3.8, 4) is 0 Å². The highest BCUT2D eigenvalue weighted by Gasteiger charge is 2.28. The van der Waals surface area contributed by atoms with E-state index in [0.29, 0.717) is 13.1 Å². The molecule has 2 rings (SSSR count). The van der Waals surface area contributed by atoms with Gasteiger partial charge in [0.15, 0.2) is 0 Å². The number of carboxylic acid groups (broad SMARTS) is 1. The molecule has 1 aliphatic heterocycles. The summed E-state index contributed by atoms with van der Waals surface area (Å²) in [7, 11) is 1.99. The summed E-state index contributed by atoms with van der Waals surface area (Å²) in [6.45, 7) is 2.95. The zero-order valence-electron chi connectivity index (χ0n) is 11.4. The van der Waals surface area contributed by atoms with Crippen LogP contribution in [0.2, 0.25) is 0 Å². The molecule has 1 fully saturated rings. The van der Waals surface area contributed by atoms with Gasteiger partial charge in [0.2, 0.25) is 0 Å². The van der Waals surface area contributed by atoms with Crippen molar-refractivity contribution >= 4 is 5.97 Å². The van der Waals surface area contributed by atoms with Crippen molar-refractivity contribution in [2.75, 3.05) is 33.2 Å². The van der Waals surface area contributed by atoms with Gasteiger partial charge in [-0.05, 0) is 13.1 Å². The molecule has 0 aromatic heterocycles. The number of piperazine rings is 1. The van der Waals surface area contributed by atoms with E-state index in [2.05, 4.69) is 4.90 Å². The van der Waals surface area contributed by atoms with Gasteiger partial charge in [0, 0.05) is 43.9 Å². The molecular weight excluding hydrogens is 266 g/mol. The molecule has 1 N–H and O–H groups in total. The van der Waals surface area contributed by atoms with Crippen LogP contribution in [0.25, 0.3) is 0 Å². The molecule has 1 aromatic carbocycles. The van der Waals surface area contributed by atoms with Gasteiger partial charge in [-0.1, -0.05) is 6.07 Å². The van der Waals surface area contributed by atoms with Crippen molar-refractivity contribution < 1.29 is 18.7 Å². The standard InChI is InChI=1S/C14H18F2N2O2/c1-17-4-6-18(7-5-17)13(9-14(19)20)11-3-2-10(15)8-12(11)16/h2-3,8,13H,4-7,9H2,1H3,(H,19,20). The lowest BCUT2D eigenvalue weighted by atomic mass is 10.0. The molecule has 4 nitrogen and oxygen atoms in total. The predicted octanol–water partition coefficient (Wildman–Crippen LogP) is 1.73. The van der Waals surface area contributed by atoms with Crippen LogP contribution in [-0.2, 0) is 4.79 Å². The number of carboxylic acids is 1. The lowest BCUT2D eigenvalue weighted by Gasteiger charge is -2.37. The molecule has 0 saturated carbocycles. The largest absolute Gasteiger partial charge is 0.481 e. The molecule has 0 bridgehead atoms. The van der Waals surface area contributed by atoms with Crippen molar-refractivity contribution in [3.63, 3.8) is 0 Å². The molecular formula is C14H18F2N2O2. The maximum atomic E-state index is 13.9. The third-order valence-corrected chi connectivity index (χ3v) is 3.67. The predicted molar refractivity (Wildman–Crippen MR) is 70.4 cm³/mol. The fraction of sp³-hybridized carbons (Fsp3) is 0.500. The zero-order valence-corrected chi connectivity index (χ0v) is 11.4. The number of halogens is 2. The second kappa shape index (κ2) is 6.28. The molecule has 6 heteroatoms. The molecule has 1 aromatic rings. The maximum absolute atomic E-state index is 13.9. The number of carbonyl (C=O) groups is 1. The molecule has 1 atom stereocenters. The van der Waals surface area contributed by atoms with Gasteiger partial charge in [0.05, 0.1) is 6.42 Å². The first-order valence-electron chi connectivity index (χ1n) is 6.56. The quantitative estimate of drug-likeness (QED) is 0.914. The smallest absolute Gasteiger partial charge is 0.305 e. The summed E-state index contributed by atoms with van der Waals surface area (Å²) >= 11 is 0. The Hall–Kier alpha value is -1.53. The third kappa shape index (κ3) is 3.52. The Morgan fingerprint density at radius 3 is 2.50 bits per heavy atom. The highest BCUT2D eigenvalue weighted by Crippen LogP contribution is 2.28. The Morgan fingerprint density at radius 2 is 1.95 bits per heavy atom. The van der Waals surface area contributed by atoms with Crippen LogP contribution < -0.4 is 0 Å². The SMILES string of the molecule is CN1CCN(C(CC(=O)O)c2ccc(F)cc2F)CC1. The van der Waals surface area contributed by atoms with Crippen LogP contribution in [0.3, 0.4) is 0 Å². The van der Waals surface area contributed by atoms with Gasteiger partial charge >= 0.3 is 5.97 Å². The van der Waals surface area contributed by atoms with Gasteiger partial charge in [-0.15, -0.1) is 0 Å². The van der Waals surface area contributed by atoms with E-state index in [0.717, 1.165) is 19.2 Å². The number of hydrogen-bond donors (Lipinski definition) is 1. The van der Waals surface area contributed by atoms with Crippen molar-refractivity contribution in [1.29, 1.82) is 0 Å². The Kier molecular flexibility index (Phi) is 4.67. The first-order valence-corrected chi connectivity index (χ1v) is 6.56. The van der Waals surface area contributed by atoms with Gasteiger partial charge < -0.3 is 10.0 Å². The van der Waals surface area contributed by atoms with Gasteiger partial charge in [-0.2, -0.15) is 0 Å². The summed E-state index contributed by atoms with van der Waals surface area (Å²) in [5.74, 6) is -2.33. The number of hydrogen-bond acceptors (Lipinski definition) is 3. The molecule has 1 unspecified atom stereocenters. The number of likely N-dealkylation sites (N-methyl/N-ethyl adjacent to an activating group) is 1. The first-order chi connectivity index (χ1) is 9.47. The summed E-state index contributed by atoms with van der Waals surface area (Å²) in [5, 5.41) is 9.04. The number of rotatable bonds is 4. The first kappa shape index (κ1) is 14.9. The maximum Gasteiger partial charge on any atom is 0.305 e. The lowest BCUT2D eigenvalue weighted by molar-refractivity contribution is -0.138. The van der Waals surface area contributed by atoms with Crippen LogP contribution >= 0.6 is 0 Å². The zero-order chi connectivity index (χ0) is 14.7. The van der Waals surface area contributed by atoms with Crippen molar-refractivity contribution in [1.82, 2.24) is 9.80 Å². The van der Waals surface area contributed by atoms with Gasteiger partial charge in [-0.25, -0.2) is 8.78 Å². The van der Waals surface area contributed by atoms with Gasteiger partial charge in [0.25, 0.3) is 0 Å². The van der Waals surface area contributed by atoms with E-state index in [1.54, 1.807) is 0 Å².